The molecule has 1 N–H and O–H groups in total. The summed E-state index contributed by atoms with van der Waals surface area (Å²) in [5.74, 6) is -0.127. The van der Waals surface area contributed by atoms with Crippen LogP contribution in [0.15, 0.2) is 60.7 Å². The molecule has 0 radical (unpaired) electrons. The Labute approximate surface area is 195 Å². The first-order valence-electron chi connectivity index (χ1n) is 12.3. The fraction of sp³-hybridized carbons (Fsp3) is 0.429. The molecule has 172 valence electrons. The highest BCUT2D eigenvalue weighted by Crippen LogP contribution is 2.34. The zero-order valence-electron chi connectivity index (χ0n) is 19.4. The van der Waals surface area contributed by atoms with Crippen LogP contribution < -0.4 is 5.32 Å². The van der Waals surface area contributed by atoms with Gasteiger partial charge in [0.05, 0.1) is 6.54 Å². The maximum Gasteiger partial charge on any atom is 0.271 e. The Morgan fingerprint density at radius 2 is 1.64 bits per heavy atom. The summed E-state index contributed by atoms with van der Waals surface area (Å²) >= 11 is 0. The molecule has 2 heterocycles. The summed E-state index contributed by atoms with van der Waals surface area (Å²) in [4.78, 5) is 29.5. The molecule has 0 unspecified atom stereocenters. The first-order chi connectivity index (χ1) is 16.1. The highest BCUT2D eigenvalue weighted by Gasteiger charge is 2.48. The van der Waals surface area contributed by atoms with Gasteiger partial charge in [-0.3, -0.25) is 9.59 Å². The maximum absolute atomic E-state index is 13.9. The van der Waals surface area contributed by atoms with Crippen molar-refractivity contribution in [3.8, 4) is 0 Å². The summed E-state index contributed by atoms with van der Waals surface area (Å²) < 4.78 is 2.04. The van der Waals surface area contributed by atoms with E-state index in [2.05, 4.69) is 5.32 Å². The molecular formula is C28H33N3O2. The lowest BCUT2D eigenvalue weighted by atomic mass is 9.91. The Kier molecular flexibility index (Phi) is 5.96. The van der Waals surface area contributed by atoms with Gasteiger partial charge >= 0.3 is 0 Å². The fourth-order valence-corrected chi connectivity index (χ4v) is 5.46. The van der Waals surface area contributed by atoms with Gasteiger partial charge in [0.15, 0.2) is 0 Å². The molecule has 0 saturated heterocycles. The number of nitrogens with zero attached hydrogens (tertiary/aromatic N) is 2. The van der Waals surface area contributed by atoms with E-state index in [0.29, 0.717) is 18.8 Å². The fourth-order valence-electron chi connectivity index (χ4n) is 5.46. The van der Waals surface area contributed by atoms with Crippen LogP contribution >= 0.6 is 0 Å². The highest BCUT2D eigenvalue weighted by molar-refractivity contribution is 6.03. The molecule has 1 aliphatic heterocycles. The minimum atomic E-state index is -0.968. The summed E-state index contributed by atoms with van der Waals surface area (Å²) in [5, 5.41) is 4.39. The van der Waals surface area contributed by atoms with Crippen molar-refractivity contribution >= 4 is 22.7 Å². The quantitative estimate of drug-likeness (QED) is 0.596. The Morgan fingerprint density at radius 1 is 0.970 bits per heavy atom. The van der Waals surface area contributed by atoms with Crippen molar-refractivity contribution in [3.63, 3.8) is 0 Å². The van der Waals surface area contributed by atoms with Crippen LogP contribution in [0, 0.1) is 0 Å². The third-order valence-corrected chi connectivity index (χ3v) is 7.45. The molecule has 5 nitrogen and oxygen atoms in total. The van der Waals surface area contributed by atoms with E-state index in [9.17, 15) is 9.59 Å². The van der Waals surface area contributed by atoms with Crippen molar-refractivity contribution in [1.29, 1.82) is 0 Å². The van der Waals surface area contributed by atoms with E-state index >= 15 is 0 Å². The molecule has 2 aliphatic rings. The Morgan fingerprint density at radius 3 is 2.39 bits per heavy atom. The van der Waals surface area contributed by atoms with Gasteiger partial charge in [-0.2, -0.15) is 0 Å². The minimum absolute atomic E-state index is 0.0409. The second kappa shape index (κ2) is 9.05. The number of nitrogens with one attached hydrogen (secondary N) is 1. The van der Waals surface area contributed by atoms with Gasteiger partial charge in [0.1, 0.15) is 11.2 Å². The summed E-state index contributed by atoms with van der Waals surface area (Å²) in [6.07, 6.45) is 8.11. The van der Waals surface area contributed by atoms with Crippen molar-refractivity contribution in [2.75, 3.05) is 0 Å². The van der Waals surface area contributed by atoms with Gasteiger partial charge in [-0.1, -0.05) is 80.6 Å². The lowest BCUT2D eigenvalue weighted by molar-refractivity contribution is -0.134. The average Bonchev–Trinajstić information content (AvgIpc) is 3.17. The van der Waals surface area contributed by atoms with Crippen LogP contribution in [0.2, 0.25) is 0 Å². The minimum Gasteiger partial charge on any atom is -0.351 e. The first-order valence-corrected chi connectivity index (χ1v) is 12.3. The van der Waals surface area contributed by atoms with Crippen LogP contribution in [0.4, 0.5) is 0 Å². The van der Waals surface area contributed by atoms with E-state index in [1.165, 1.54) is 19.3 Å². The molecule has 1 aromatic heterocycles. The zero-order chi connectivity index (χ0) is 22.8. The topological polar surface area (TPSA) is 54.3 Å². The highest BCUT2D eigenvalue weighted by atomic mass is 16.2. The number of fused-ring (bicyclic) bond motifs is 3. The molecule has 1 aliphatic carbocycles. The predicted octanol–water partition coefficient (Wildman–Crippen LogP) is 5.29. The van der Waals surface area contributed by atoms with Gasteiger partial charge in [0.25, 0.3) is 5.91 Å². The number of amides is 2. The van der Waals surface area contributed by atoms with Crippen molar-refractivity contribution < 1.29 is 9.59 Å². The normalized spacial score (nSPS) is 22.0. The SMILES string of the molecule is C[C@@]1(C(=O)NC2CCCCCCC2)Cn2c(cc3ccccc32)C(=O)N1Cc1ccccc1. The van der Waals surface area contributed by atoms with Gasteiger partial charge in [0, 0.05) is 23.5 Å². The van der Waals surface area contributed by atoms with E-state index in [1.54, 1.807) is 4.90 Å². The molecular weight excluding hydrogens is 410 g/mol. The number of carbonyl (C=O) groups is 2. The van der Waals surface area contributed by atoms with E-state index in [0.717, 1.165) is 42.1 Å². The molecule has 1 atom stereocenters. The van der Waals surface area contributed by atoms with Crippen molar-refractivity contribution in [3.05, 3.63) is 71.9 Å². The number of benzene rings is 2. The molecule has 2 aromatic carbocycles. The Balaban J connectivity index is 1.51. The van der Waals surface area contributed by atoms with Gasteiger partial charge in [-0.05, 0) is 37.5 Å². The number of hydrogen-bond donors (Lipinski definition) is 1. The zero-order valence-corrected chi connectivity index (χ0v) is 19.4. The van der Waals surface area contributed by atoms with Crippen LogP contribution in [-0.4, -0.2) is 32.9 Å². The summed E-state index contributed by atoms with van der Waals surface area (Å²) in [5.41, 5.74) is 1.72. The largest absolute Gasteiger partial charge is 0.351 e. The lowest BCUT2D eigenvalue weighted by Gasteiger charge is -2.44. The maximum atomic E-state index is 13.9. The van der Waals surface area contributed by atoms with Crippen molar-refractivity contribution in [2.24, 2.45) is 0 Å². The van der Waals surface area contributed by atoms with Gasteiger partial charge in [-0.15, -0.1) is 0 Å². The predicted molar refractivity (Wildman–Crippen MR) is 131 cm³/mol. The number of carbonyl (C=O) groups excluding carboxylic acids is 2. The van der Waals surface area contributed by atoms with Crippen LogP contribution in [0.5, 0.6) is 0 Å². The van der Waals surface area contributed by atoms with Crippen molar-refractivity contribution in [1.82, 2.24) is 14.8 Å². The second-order valence-corrected chi connectivity index (χ2v) is 9.84. The van der Waals surface area contributed by atoms with E-state index in [1.807, 2.05) is 72.2 Å². The second-order valence-electron chi connectivity index (χ2n) is 9.84. The molecule has 33 heavy (non-hydrogen) atoms. The molecule has 0 bridgehead atoms. The Hall–Kier alpha value is -3.08. The number of hydrogen-bond acceptors (Lipinski definition) is 2. The third kappa shape index (κ3) is 4.17. The molecule has 1 saturated carbocycles. The number of aromatic nitrogens is 1. The smallest absolute Gasteiger partial charge is 0.271 e. The summed E-state index contributed by atoms with van der Waals surface area (Å²) in [6.45, 7) is 2.80. The molecule has 3 aromatic rings. The van der Waals surface area contributed by atoms with Crippen LogP contribution in [-0.2, 0) is 17.9 Å². The van der Waals surface area contributed by atoms with E-state index < -0.39 is 5.54 Å². The monoisotopic (exact) mass is 443 g/mol. The van der Waals surface area contributed by atoms with Crippen molar-refractivity contribution in [2.45, 2.75) is 76.5 Å². The number of rotatable bonds is 4. The number of para-hydroxylation sites is 1. The Bertz CT molecular complexity index is 1140. The van der Waals surface area contributed by atoms with Gasteiger partial charge < -0.3 is 14.8 Å². The average molecular weight is 444 g/mol. The molecule has 2 amide bonds. The van der Waals surface area contributed by atoms with Crippen LogP contribution in [0.25, 0.3) is 10.9 Å². The molecule has 5 heteroatoms. The molecule has 1 fully saturated rings. The van der Waals surface area contributed by atoms with Crippen LogP contribution in [0.1, 0.15) is 67.9 Å². The summed E-state index contributed by atoms with van der Waals surface area (Å²) in [6, 6.07) is 20.2. The lowest BCUT2D eigenvalue weighted by Crippen LogP contribution is -2.64. The summed E-state index contributed by atoms with van der Waals surface area (Å²) in [7, 11) is 0. The standard InChI is InChI=1S/C28H33N3O2/c1-28(27(33)29-23-15-8-3-2-4-9-16-23)20-30-24-17-11-10-14-22(24)18-25(30)26(32)31(28)19-21-12-6-5-7-13-21/h5-7,10-14,17-18,23H,2-4,8-9,15-16,19-20H2,1H3,(H,29,33)/t28-/m0/s1. The molecule has 5 rings (SSSR count). The molecule has 0 spiro atoms. The van der Waals surface area contributed by atoms with E-state index in [4.69, 9.17) is 0 Å². The van der Waals surface area contributed by atoms with Gasteiger partial charge in [-0.25, -0.2) is 0 Å². The first kappa shape index (κ1) is 21.7. The van der Waals surface area contributed by atoms with E-state index in [-0.39, 0.29) is 17.9 Å². The van der Waals surface area contributed by atoms with Crippen LogP contribution in [0.3, 0.4) is 0 Å². The third-order valence-electron chi connectivity index (χ3n) is 7.45. The van der Waals surface area contributed by atoms with Gasteiger partial charge in [0.2, 0.25) is 5.91 Å².